The number of carbonyl (C=O) groups excluding carboxylic acids is 2. The Balaban J connectivity index is 1.57. The number of carbonyl (C=O) groups is 2. The lowest BCUT2D eigenvalue weighted by molar-refractivity contribution is -0.150. The zero-order valence-corrected chi connectivity index (χ0v) is 20.3. The first-order valence-electron chi connectivity index (χ1n) is 11.9. The van der Waals surface area contributed by atoms with Crippen LogP contribution in [0.15, 0.2) is 48.5 Å². The molecule has 6 nitrogen and oxygen atoms in total. The van der Waals surface area contributed by atoms with E-state index in [1.807, 2.05) is 21.9 Å². The van der Waals surface area contributed by atoms with Crippen LogP contribution in [0.3, 0.4) is 0 Å². The second-order valence-electron chi connectivity index (χ2n) is 9.61. The molecule has 0 radical (unpaired) electrons. The van der Waals surface area contributed by atoms with Crippen molar-refractivity contribution in [3.05, 3.63) is 65.5 Å². The van der Waals surface area contributed by atoms with Gasteiger partial charge >= 0.3 is 0 Å². The molecule has 2 aliphatic rings. The van der Waals surface area contributed by atoms with Gasteiger partial charge in [-0.25, -0.2) is 4.39 Å². The minimum absolute atomic E-state index is 0.0435. The molecule has 2 heterocycles. The van der Waals surface area contributed by atoms with Crippen LogP contribution >= 0.6 is 0 Å². The maximum atomic E-state index is 14.1. The maximum absolute atomic E-state index is 14.1. The molecule has 34 heavy (non-hydrogen) atoms. The predicted molar refractivity (Wildman–Crippen MR) is 129 cm³/mol. The smallest absolute Gasteiger partial charge is 0.229 e. The highest BCUT2D eigenvalue weighted by molar-refractivity contribution is 5.84. The van der Waals surface area contributed by atoms with Crippen LogP contribution in [0.1, 0.15) is 36.9 Å². The van der Waals surface area contributed by atoms with Crippen LogP contribution in [0, 0.1) is 11.2 Å². The number of methoxy groups -OCH3 is 1. The van der Waals surface area contributed by atoms with Crippen molar-refractivity contribution in [2.45, 2.75) is 32.2 Å². The van der Waals surface area contributed by atoms with Crippen LogP contribution in [-0.2, 0) is 16.0 Å². The van der Waals surface area contributed by atoms with Crippen molar-refractivity contribution in [1.82, 2.24) is 14.7 Å². The van der Waals surface area contributed by atoms with E-state index in [-0.39, 0.29) is 23.7 Å². The number of hydrogen-bond acceptors (Lipinski definition) is 4. The van der Waals surface area contributed by atoms with E-state index in [1.165, 1.54) is 12.1 Å². The fourth-order valence-electron chi connectivity index (χ4n) is 5.29. The quantitative estimate of drug-likeness (QED) is 0.675. The molecule has 4 rings (SSSR count). The van der Waals surface area contributed by atoms with Crippen molar-refractivity contribution in [3.8, 4) is 5.75 Å². The van der Waals surface area contributed by atoms with Gasteiger partial charge in [-0.1, -0.05) is 24.3 Å². The molecule has 7 heteroatoms. The van der Waals surface area contributed by atoms with E-state index in [1.54, 1.807) is 26.2 Å². The highest BCUT2D eigenvalue weighted by Gasteiger charge is 2.45. The molecular formula is C27H34FN3O3. The molecule has 0 aliphatic carbocycles. The summed E-state index contributed by atoms with van der Waals surface area (Å²) in [4.78, 5) is 32.2. The molecule has 2 aromatic carbocycles. The first-order chi connectivity index (χ1) is 16.3. The lowest BCUT2D eigenvalue weighted by Crippen LogP contribution is -2.56. The molecule has 2 fully saturated rings. The Morgan fingerprint density at radius 3 is 2.21 bits per heavy atom. The van der Waals surface area contributed by atoms with Gasteiger partial charge in [0.25, 0.3) is 0 Å². The molecular weight excluding hydrogens is 433 g/mol. The SMILES string of the molecule is COc1ccc([C@@H]2CN(C(=O)C3(Cc4ccc(F)cc4)CCN(C(C)=O)CC3)CCN2C)cc1. The second kappa shape index (κ2) is 10.1. The number of amides is 2. The van der Waals surface area contributed by atoms with Crippen molar-refractivity contribution in [3.63, 3.8) is 0 Å². The topological polar surface area (TPSA) is 53.1 Å². The Hall–Kier alpha value is -2.93. The molecule has 182 valence electrons. The van der Waals surface area contributed by atoms with Gasteiger partial charge in [0.2, 0.25) is 11.8 Å². The van der Waals surface area contributed by atoms with Gasteiger partial charge in [0, 0.05) is 39.6 Å². The van der Waals surface area contributed by atoms with Gasteiger partial charge in [0.1, 0.15) is 11.6 Å². The first-order valence-corrected chi connectivity index (χ1v) is 11.9. The third kappa shape index (κ3) is 5.09. The lowest BCUT2D eigenvalue weighted by atomic mass is 9.72. The number of likely N-dealkylation sites (tertiary alicyclic amines) is 1. The van der Waals surface area contributed by atoms with Gasteiger partial charge in [-0.15, -0.1) is 0 Å². The van der Waals surface area contributed by atoms with Crippen LogP contribution in [0.4, 0.5) is 4.39 Å². The molecule has 2 amide bonds. The minimum atomic E-state index is -0.593. The summed E-state index contributed by atoms with van der Waals surface area (Å²) in [6, 6.07) is 14.6. The van der Waals surface area contributed by atoms with Gasteiger partial charge < -0.3 is 14.5 Å². The summed E-state index contributed by atoms with van der Waals surface area (Å²) in [5.41, 5.74) is 1.51. The molecule has 1 atom stereocenters. The average Bonchev–Trinajstić information content (AvgIpc) is 2.86. The standard InChI is InChI=1S/C27H34FN3O3/c1-20(32)30-14-12-27(13-15-30,18-21-4-8-23(28)9-5-21)26(33)31-17-16-29(2)25(19-31)22-6-10-24(34-3)11-7-22/h4-11,25H,12-19H2,1-3H3/t25-/m0/s1. The summed E-state index contributed by atoms with van der Waals surface area (Å²) < 4.78 is 18.8. The van der Waals surface area contributed by atoms with E-state index in [0.29, 0.717) is 45.4 Å². The summed E-state index contributed by atoms with van der Waals surface area (Å²) >= 11 is 0. The Morgan fingerprint density at radius 1 is 0.971 bits per heavy atom. The Bertz CT molecular complexity index is 1000. The third-order valence-corrected chi connectivity index (χ3v) is 7.51. The van der Waals surface area contributed by atoms with Crippen LogP contribution in [0.25, 0.3) is 0 Å². The summed E-state index contributed by atoms with van der Waals surface area (Å²) in [5.74, 6) is 0.719. The van der Waals surface area contributed by atoms with Gasteiger partial charge in [0.05, 0.1) is 18.6 Å². The van der Waals surface area contributed by atoms with Gasteiger partial charge in [-0.2, -0.15) is 0 Å². The number of halogens is 1. The van der Waals surface area contributed by atoms with Crippen LogP contribution in [-0.4, -0.2) is 73.4 Å². The van der Waals surface area contributed by atoms with Crippen molar-refractivity contribution < 1.29 is 18.7 Å². The fraction of sp³-hybridized carbons (Fsp3) is 0.481. The summed E-state index contributed by atoms with van der Waals surface area (Å²) in [7, 11) is 3.75. The van der Waals surface area contributed by atoms with Gasteiger partial charge in [0.15, 0.2) is 0 Å². The van der Waals surface area contributed by atoms with Crippen molar-refractivity contribution in [1.29, 1.82) is 0 Å². The third-order valence-electron chi connectivity index (χ3n) is 7.51. The number of piperazine rings is 1. The fourth-order valence-corrected chi connectivity index (χ4v) is 5.29. The zero-order chi connectivity index (χ0) is 24.3. The normalized spacial score (nSPS) is 20.8. The molecule has 0 spiro atoms. The lowest BCUT2D eigenvalue weighted by Gasteiger charge is -2.47. The Kier molecular flexibility index (Phi) is 7.22. The maximum Gasteiger partial charge on any atom is 0.229 e. The van der Waals surface area contributed by atoms with E-state index in [4.69, 9.17) is 4.74 Å². The minimum Gasteiger partial charge on any atom is -0.497 e. The van der Waals surface area contributed by atoms with E-state index >= 15 is 0 Å². The van der Waals surface area contributed by atoms with Crippen LogP contribution in [0.2, 0.25) is 0 Å². The van der Waals surface area contributed by atoms with E-state index < -0.39 is 5.41 Å². The van der Waals surface area contributed by atoms with Crippen molar-refractivity contribution in [2.75, 3.05) is 46.9 Å². The molecule has 2 saturated heterocycles. The molecule has 2 aromatic rings. The molecule has 0 unspecified atom stereocenters. The number of rotatable bonds is 5. The summed E-state index contributed by atoms with van der Waals surface area (Å²) in [6.45, 7) is 4.78. The molecule has 2 aliphatic heterocycles. The summed E-state index contributed by atoms with van der Waals surface area (Å²) in [5, 5.41) is 0. The van der Waals surface area contributed by atoms with Crippen molar-refractivity contribution >= 4 is 11.8 Å². The molecule has 0 bridgehead atoms. The monoisotopic (exact) mass is 467 g/mol. The molecule has 0 saturated carbocycles. The summed E-state index contributed by atoms with van der Waals surface area (Å²) in [6.07, 6.45) is 1.78. The zero-order valence-electron chi connectivity index (χ0n) is 20.3. The second-order valence-corrected chi connectivity index (χ2v) is 9.61. The predicted octanol–water partition coefficient (Wildman–Crippen LogP) is 3.52. The number of piperidine rings is 1. The van der Waals surface area contributed by atoms with Gasteiger partial charge in [-0.3, -0.25) is 14.5 Å². The van der Waals surface area contributed by atoms with E-state index in [9.17, 15) is 14.0 Å². The Labute approximate surface area is 201 Å². The van der Waals surface area contributed by atoms with E-state index in [2.05, 4.69) is 24.1 Å². The number of nitrogens with zero attached hydrogens (tertiary/aromatic N) is 3. The van der Waals surface area contributed by atoms with Crippen molar-refractivity contribution in [2.24, 2.45) is 5.41 Å². The highest BCUT2D eigenvalue weighted by atomic mass is 19.1. The van der Waals surface area contributed by atoms with E-state index in [0.717, 1.165) is 23.4 Å². The van der Waals surface area contributed by atoms with Crippen LogP contribution in [0.5, 0.6) is 5.75 Å². The number of likely N-dealkylation sites (N-methyl/N-ethyl adjacent to an activating group) is 1. The van der Waals surface area contributed by atoms with Gasteiger partial charge in [-0.05, 0) is 61.7 Å². The molecule has 0 N–H and O–H groups in total. The highest BCUT2D eigenvalue weighted by Crippen LogP contribution is 2.39. The number of hydrogen-bond donors (Lipinski definition) is 0. The average molecular weight is 468 g/mol. The Morgan fingerprint density at radius 2 is 1.62 bits per heavy atom. The number of benzene rings is 2. The van der Waals surface area contributed by atoms with Crippen LogP contribution < -0.4 is 4.74 Å². The number of ether oxygens (including phenoxy) is 1. The first kappa shape index (κ1) is 24.2. The largest absolute Gasteiger partial charge is 0.497 e. The molecule has 0 aromatic heterocycles.